The second kappa shape index (κ2) is 29.0. The van der Waals surface area contributed by atoms with Gasteiger partial charge in [0.25, 0.3) is 0 Å². The Morgan fingerprint density at radius 2 is 1.16 bits per heavy atom. The average molecular weight is 1060 g/mol. The zero-order chi connectivity index (χ0) is 56.9. The molecule has 3 heterocycles. The van der Waals surface area contributed by atoms with Crippen LogP contribution < -0.4 is 0 Å². The number of hydrogen-bond acceptors (Lipinski definition) is 13. The molecule has 3 rings (SSSR count). The summed E-state index contributed by atoms with van der Waals surface area (Å²) in [6.07, 6.45) is 2.58. The number of hydrogen-bond donors (Lipinski definition) is 1. The lowest BCUT2D eigenvalue weighted by molar-refractivity contribution is -0.163. The molecule has 0 aromatic rings. The molecule has 75 heavy (non-hydrogen) atoms. The van der Waals surface area contributed by atoms with E-state index in [1.165, 1.54) is 64.7 Å². The van der Waals surface area contributed by atoms with Gasteiger partial charge in [0.15, 0.2) is 5.78 Å². The van der Waals surface area contributed by atoms with Crippen molar-refractivity contribution in [1.29, 1.82) is 0 Å². The van der Waals surface area contributed by atoms with Crippen molar-refractivity contribution >= 4 is 53.2 Å². The number of nitrogens with zero attached hydrogens (tertiary/aromatic N) is 6. The molecule has 19 heteroatoms. The number of methoxy groups -OCH3 is 1. The molecule has 0 aromatic carbocycles. The molecule has 0 bridgehead atoms. The zero-order valence-electron chi connectivity index (χ0n) is 48.5. The largest absolute Gasteiger partial charge is 0.462 e. The van der Waals surface area contributed by atoms with E-state index in [-0.39, 0.29) is 38.0 Å². The van der Waals surface area contributed by atoms with E-state index in [4.69, 9.17) is 14.2 Å². The normalized spacial score (nSPS) is 31.6. The number of Topliss-reactive ketones (excluding diaryl/α,β-unsaturated/α-hetero) is 1. The fourth-order valence-corrected chi connectivity index (χ4v) is 10.6. The number of rotatable bonds is 7. The van der Waals surface area contributed by atoms with E-state index in [9.17, 15) is 48.3 Å². The number of carbonyl (C=O) groups is 9. The molecule has 19 nitrogen and oxygen atoms in total. The first-order chi connectivity index (χ1) is 35.0. The Kier molecular flexibility index (Phi) is 24.9. The van der Waals surface area contributed by atoms with Gasteiger partial charge < -0.3 is 48.7 Å². The zero-order valence-corrected chi connectivity index (χ0v) is 48.5. The molecule has 3 unspecified atom stereocenters. The highest BCUT2D eigenvalue weighted by atomic mass is 16.6. The fourth-order valence-electron chi connectivity index (χ4n) is 10.6. The van der Waals surface area contributed by atoms with Crippen molar-refractivity contribution in [2.24, 2.45) is 35.5 Å². The molecular weight excluding hydrogens is 965 g/mol. The highest BCUT2D eigenvalue weighted by molar-refractivity contribution is 6.07. The summed E-state index contributed by atoms with van der Waals surface area (Å²) in [6, 6.07) is -6.23. The Balaban J connectivity index is 2.08. The molecule has 0 spiro atoms. The third kappa shape index (κ3) is 16.1. The smallest absolute Gasteiger partial charge is 0.329 e. The number of aliphatic hydroxyl groups excluding tert-OH is 1. The minimum Gasteiger partial charge on any atom is -0.462 e. The van der Waals surface area contributed by atoms with Gasteiger partial charge in [-0.3, -0.25) is 38.4 Å². The lowest BCUT2D eigenvalue weighted by atomic mass is 9.93. The van der Waals surface area contributed by atoms with E-state index in [0.29, 0.717) is 56.9 Å². The Bertz CT molecular complexity index is 2040. The minimum absolute atomic E-state index is 0.104. The number of fused-ring (bicyclic) bond motifs is 2. The maximum Gasteiger partial charge on any atom is 0.329 e. The van der Waals surface area contributed by atoms with Crippen LogP contribution in [0, 0.1) is 35.5 Å². The van der Waals surface area contributed by atoms with Gasteiger partial charge in [-0.1, -0.05) is 74.8 Å². The van der Waals surface area contributed by atoms with Crippen LogP contribution in [0.1, 0.15) is 147 Å². The van der Waals surface area contributed by atoms with Crippen molar-refractivity contribution < 1.29 is 62.5 Å². The van der Waals surface area contributed by atoms with Crippen molar-refractivity contribution in [1.82, 2.24) is 29.4 Å². The van der Waals surface area contributed by atoms with E-state index in [1.807, 2.05) is 48.5 Å². The van der Waals surface area contributed by atoms with Gasteiger partial charge in [0.1, 0.15) is 48.5 Å². The predicted molar refractivity (Wildman–Crippen MR) is 283 cm³/mol. The second-order valence-corrected chi connectivity index (χ2v) is 22.8. The Hall–Kier alpha value is -4.91. The number of amides is 6. The van der Waals surface area contributed by atoms with Crippen LogP contribution in [-0.2, 0) is 57.4 Å². The van der Waals surface area contributed by atoms with Gasteiger partial charge in [0.2, 0.25) is 35.4 Å². The summed E-state index contributed by atoms with van der Waals surface area (Å²) < 4.78 is 17.4. The van der Waals surface area contributed by atoms with Crippen LogP contribution in [0.2, 0.25) is 0 Å². The summed E-state index contributed by atoms with van der Waals surface area (Å²) in [6.45, 7) is 21.8. The van der Waals surface area contributed by atoms with Gasteiger partial charge in [-0.2, -0.15) is 0 Å². The molecule has 0 aromatic heterocycles. The highest BCUT2D eigenvalue weighted by Crippen LogP contribution is 2.30. The van der Waals surface area contributed by atoms with E-state index < -0.39 is 138 Å². The van der Waals surface area contributed by atoms with E-state index in [0.717, 1.165) is 0 Å². The summed E-state index contributed by atoms with van der Waals surface area (Å²) in [5, 5.41) is 11.1. The molecule has 426 valence electrons. The van der Waals surface area contributed by atoms with E-state index >= 15 is 0 Å². The van der Waals surface area contributed by atoms with Gasteiger partial charge in [-0.25, -0.2) is 4.79 Å². The Morgan fingerprint density at radius 3 is 1.71 bits per heavy atom. The second-order valence-electron chi connectivity index (χ2n) is 22.8. The third-order valence-corrected chi connectivity index (χ3v) is 16.2. The van der Waals surface area contributed by atoms with Gasteiger partial charge in [-0.15, -0.1) is 0 Å². The number of ether oxygens (including phenoxy) is 3. The molecule has 0 radical (unpaired) electrons. The van der Waals surface area contributed by atoms with E-state index in [2.05, 4.69) is 0 Å². The van der Waals surface area contributed by atoms with Crippen LogP contribution in [0.25, 0.3) is 0 Å². The first-order valence-corrected chi connectivity index (χ1v) is 27.5. The number of esters is 2. The molecule has 6 amide bonds. The first-order valence-electron chi connectivity index (χ1n) is 27.5. The molecule has 0 aliphatic carbocycles. The summed E-state index contributed by atoms with van der Waals surface area (Å²) in [7, 11) is 7.36. The fraction of sp³-hybridized carbons (Fsp3) is 0.804. The molecule has 3 aliphatic rings. The highest BCUT2D eigenvalue weighted by Gasteiger charge is 2.47. The van der Waals surface area contributed by atoms with Crippen LogP contribution in [-0.4, -0.2) is 197 Å². The average Bonchev–Trinajstić information content (AvgIpc) is 4.06. The lowest BCUT2D eigenvalue weighted by Gasteiger charge is -2.41. The van der Waals surface area contributed by atoms with Crippen LogP contribution >= 0.6 is 0 Å². The third-order valence-electron chi connectivity index (χ3n) is 16.2. The topological polar surface area (TPSA) is 221 Å². The molecule has 12 atom stereocenters. The standard InChI is InChI=1S/C56H94N6O13/c1-18-35(8)49-53(69)60(16)47(33(4)5)52(68)57(13)42(31-73-17)51(67)61-28-20-22-40(61)50(66)59(15)48(34(6)7)54(70)62-29-21-23-41(62)56(72)75-45(32(2)3)25-19-24-43(63)38(11)55(71)74-39(12)36(9)26-27-37(10)44(64)30-46(65)58(49)14/h27,32-36,38-43,45,47-49,63H,18-26,28-31H2,1-17H3/b37-27+/t35-,36-,38+,39+,40-,41-,42-,43?,45?,47-,48-,49?/m0/s1. The van der Waals surface area contributed by atoms with Crippen molar-refractivity contribution in [2.45, 2.75) is 202 Å². The molecule has 2 fully saturated rings. The Morgan fingerprint density at radius 1 is 0.627 bits per heavy atom. The van der Waals surface area contributed by atoms with Crippen molar-refractivity contribution in [2.75, 3.05) is 55.0 Å². The Labute approximate surface area is 447 Å². The van der Waals surface area contributed by atoms with Crippen molar-refractivity contribution in [3.8, 4) is 0 Å². The molecule has 2 saturated heterocycles. The summed E-state index contributed by atoms with van der Waals surface area (Å²) >= 11 is 0. The van der Waals surface area contributed by atoms with Crippen LogP contribution in [0.3, 0.4) is 0 Å². The predicted octanol–water partition coefficient (Wildman–Crippen LogP) is 4.89. The molecule has 1 N–H and O–H groups in total. The van der Waals surface area contributed by atoms with E-state index in [1.54, 1.807) is 40.7 Å². The number of cyclic esters (lactones) is 2. The minimum atomic E-state index is -1.21. The van der Waals surface area contributed by atoms with Gasteiger partial charge in [0.05, 0.1) is 25.0 Å². The number of ketones is 1. The van der Waals surface area contributed by atoms with Crippen LogP contribution in [0.4, 0.5) is 0 Å². The lowest BCUT2D eigenvalue weighted by Crippen LogP contribution is -2.62. The number of likely N-dealkylation sites (N-methyl/N-ethyl adjacent to an activating group) is 4. The molecule has 0 saturated carbocycles. The van der Waals surface area contributed by atoms with Gasteiger partial charge in [0, 0.05) is 48.4 Å². The number of allylic oxidation sites excluding steroid dienone is 2. The quantitative estimate of drug-likeness (QED) is 0.266. The maximum atomic E-state index is 14.8. The summed E-state index contributed by atoms with van der Waals surface area (Å²) in [4.78, 5) is 136. The van der Waals surface area contributed by atoms with Gasteiger partial charge in [-0.05, 0) is 107 Å². The summed E-state index contributed by atoms with van der Waals surface area (Å²) in [5.74, 6) is -7.14. The van der Waals surface area contributed by atoms with Crippen molar-refractivity contribution in [3.63, 3.8) is 0 Å². The van der Waals surface area contributed by atoms with Crippen LogP contribution in [0.15, 0.2) is 11.6 Å². The molecule has 3 aliphatic heterocycles. The van der Waals surface area contributed by atoms with Gasteiger partial charge >= 0.3 is 11.9 Å². The SMILES string of the molecule is CC[C@H](C)C1C(=O)N(C)[C@@H](C(C)C)C(=O)N(C)[C@@H](COC)C(=O)N2CCC[C@H]2C(=O)N(C)[C@@H](C(C)C)C(=O)N2CCC[C@H]2C(=O)OC(C(C)C)CCCC(O)[C@@H](C)C(=O)O[C@H](C)[C@@H](C)C/C=C(\C)C(=O)CC(=O)N1C. The monoisotopic (exact) mass is 1060 g/mol. The maximum absolute atomic E-state index is 14.8. The number of aliphatic hydroxyl groups is 1. The first kappa shape index (κ1) is 64.4. The van der Waals surface area contributed by atoms with Crippen molar-refractivity contribution in [3.05, 3.63) is 11.6 Å². The summed E-state index contributed by atoms with van der Waals surface area (Å²) in [5.41, 5.74) is 0.326. The van der Waals surface area contributed by atoms with Crippen LogP contribution in [0.5, 0.6) is 0 Å². The molecular formula is C56H94N6O13. The number of carbonyl (C=O) groups excluding carboxylic acids is 9.